The van der Waals surface area contributed by atoms with E-state index in [1.54, 1.807) is 18.1 Å². The number of aliphatic hydroxyl groups is 1. The summed E-state index contributed by atoms with van der Waals surface area (Å²) < 4.78 is 30.2. The van der Waals surface area contributed by atoms with E-state index in [1.165, 1.54) is 18.2 Å². The highest BCUT2D eigenvalue weighted by molar-refractivity contribution is 5.94. The molecule has 1 fully saturated rings. The quantitative estimate of drug-likeness (QED) is 0.615. The molecule has 0 spiro atoms. The summed E-state index contributed by atoms with van der Waals surface area (Å²) in [6, 6.07) is 5.68. The molecule has 0 saturated carbocycles. The number of ether oxygens (including phenoxy) is 3. The largest absolute Gasteiger partial charge is 0.389 e. The molecule has 170 valence electrons. The third-order valence-electron chi connectivity index (χ3n) is 4.75. The van der Waals surface area contributed by atoms with Crippen LogP contribution in [0.5, 0.6) is 0 Å². The van der Waals surface area contributed by atoms with Crippen LogP contribution < -0.4 is 0 Å². The number of methoxy groups -OCH3 is 1. The maximum Gasteiger partial charge on any atom is 0.254 e. The molecule has 2 atom stereocenters. The number of nitrogens with zero attached hydrogens (tertiary/aromatic N) is 2. The van der Waals surface area contributed by atoms with Gasteiger partial charge in [-0.05, 0) is 39.0 Å². The summed E-state index contributed by atoms with van der Waals surface area (Å²) in [6.45, 7) is 9.54. The van der Waals surface area contributed by atoms with Crippen LogP contribution in [0.2, 0.25) is 0 Å². The molecule has 0 aliphatic carbocycles. The van der Waals surface area contributed by atoms with Crippen molar-refractivity contribution in [1.29, 1.82) is 0 Å². The Morgan fingerprint density at radius 2 is 2.20 bits per heavy atom. The van der Waals surface area contributed by atoms with Crippen molar-refractivity contribution >= 4 is 5.91 Å². The predicted octanol–water partition coefficient (Wildman–Crippen LogP) is 1.79. The fourth-order valence-electron chi connectivity index (χ4n) is 3.28. The lowest BCUT2D eigenvalue weighted by molar-refractivity contribution is -0.0784. The van der Waals surface area contributed by atoms with Crippen molar-refractivity contribution < 1.29 is 28.5 Å². The van der Waals surface area contributed by atoms with Gasteiger partial charge in [0, 0.05) is 45.4 Å². The van der Waals surface area contributed by atoms with Crippen molar-refractivity contribution in [1.82, 2.24) is 9.80 Å². The van der Waals surface area contributed by atoms with E-state index in [4.69, 9.17) is 14.2 Å². The molecule has 0 bridgehead atoms. The lowest BCUT2D eigenvalue weighted by Gasteiger charge is -2.36. The van der Waals surface area contributed by atoms with Gasteiger partial charge in [0.05, 0.1) is 37.6 Å². The Kier molecular flexibility index (Phi) is 9.64. The Morgan fingerprint density at radius 3 is 2.87 bits per heavy atom. The lowest BCUT2D eigenvalue weighted by Crippen LogP contribution is -2.51. The smallest absolute Gasteiger partial charge is 0.254 e. The molecule has 30 heavy (non-hydrogen) atoms. The van der Waals surface area contributed by atoms with Crippen molar-refractivity contribution in [3.63, 3.8) is 0 Å². The third-order valence-corrected chi connectivity index (χ3v) is 4.75. The SMILES string of the molecule is COCCN(C[C@@H]1CN(C[C@@H](O)COC(C)(C)C)CCO1)C(=O)c1cccc(F)c1. The highest BCUT2D eigenvalue weighted by Gasteiger charge is 2.27. The van der Waals surface area contributed by atoms with Crippen LogP contribution in [0.3, 0.4) is 0 Å². The van der Waals surface area contributed by atoms with Gasteiger partial charge in [0.25, 0.3) is 5.91 Å². The van der Waals surface area contributed by atoms with Crippen LogP contribution in [-0.4, -0.2) is 98.3 Å². The van der Waals surface area contributed by atoms with Crippen LogP contribution in [-0.2, 0) is 14.2 Å². The molecular formula is C22H35FN2O5. The first-order valence-corrected chi connectivity index (χ1v) is 10.4. The third kappa shape index (κ3) is 8.65. The first-order valence-electron chi connectivity index (χ1n) is 10.4. The number of morpholine rings is 1. The predicted molar refractivity (Wildman–Crippen MR) is 112 cm³/mol. The zero-order valence-electron chi connectivity index (χ0n) is 18.5. The van der Waals surface area contributed by atoms with Gasteiger partial charge in [0.1, 0.15) is 5.82 Å². The molecule has 0 aromatic heterocycles. The Hall–Kier alpha value is -1.58. The summed E-state index contributed by atoms with van der Waals surface area (Å²) in [5.74, 6) is -0.704. The number of aliphatic hydroxyl groups excluding tert-OH is 1. The van der Waals surface area contributed by atoms with Gasteiger partial charge in [0.15, 0.2) is 0 Å². The molecule has 1 aromatic carbocycles. The monoisotopic (exact) mass is 426 g/mol. The summed E-state index contributed by atoms with van der Waals surface area (Å²) in [7, 11) is 1.57. The summed E-state index contributed by atoms with van der Waals surface area (Å²) in [5.41, 5.74) is 0.00159. The molecule has 8 heteroatoms. The minimum atomic E-state index is -0.596. The number of hydrogen-bond donors (Lipinski definition) is 1. The van der Waals surface area contributed by atoms with Crippen LogP contribution in [0.4, 0.5) is 4.39 Å². The van der Waals surface area contributed by atoms with Gasteiger partial charge in [-0.1, -0.05) is 6.07 Å². The highest BCUT2D eigenvalue weighted by atomic mass is 19.1. The lowest BCUT2D eigenvalue weighted by atomic mass is 10.1. The average Bonchev–Trinajstić information content (AvgIpc) is 2.69. The molecule has 1 amide bonds. The summed E-state index contributed by atoms with van der Waals surface area (Å²) in [4.78, 5) is 16.6. The van der Waals surface area contributed by atoms with Crippen LogP contribution in [0.15, 0.2) is 24.3 Å². The molecule has 1 heterocycles. The van der Waals surface area contributed by atoms with Crippen LogP contribution in [0, 0.1) is 5.82 Å². The minimum Gasteiger partial charge on any atom is -0.389 e. The molecule has 1 aromatic rings. The Labute approximate surface area is 178 Å². The summed E-state index contributed by atoms with van der Waals surface area (Å²) in [6.07, 6.45) is -0.801. The molecule has 1 aliphatic heterocycles. The van der Waals surface area contributed by atoms with Gasteiger partial charge in [-0.25, -0.2) is 4.39 Å². The summed E-state index contributed by atoms with van der Waals surface area (Å²) in [5, 5.41) is 10.3. The van der Waals surface area contributed by atoms with E-state index < -0.39 is 11.9 Å². The number of hydrogen-bond acceptors (Lipinski definition) is 6. The number of benzene rings is 1. The Bertz CT molecular complexity index is 667. The molecule has 2 rings (SSSR count). The highest BCUT2D eigenvalue weighted by Crippen LogP contribution is 2.13. The van der Waals surface area contributed by atoms with Gasteiger partial charge in [-0.3, -0.25) is 9.69 Å². The van der Waals surface area contributed by atoms with Crippen molar-refractivity contribution in [2.45, 2.75) is 38.6 Å². The number of amides is 1. The fourth-order valence-corrected chi connectivity index (χ4v) is 3.28. The number of β-amino-alcohol motifs (C(OH)–C–C–N with tert-alkyl or cyclic N) is 1. The fraction of sp³-hybridized carbons (Fsp3) is 0.682. The maximum atomic E-state index is 13.5. The molecule has 0 unspecified atom stereocenters. The second-order valence-corrected chi connectivity index (χ2v) is 8.58. The molecular weight excluding hydrogens is 391 g/mol. The Balaban J connectivity index is 1.94. The zero-order chi connectivity index (χ0) is 22.1. The standard InChI is InChI=1S/C22H35FN2O5/c1-22(2,3)30-16-19(26)13-24-8-11-29-20(14-24)15-25(9-10-28-4)21(27)17-6-5-7-18(23)12-17/h5-7,12,19-20,26H,8-11,13-16H2,1-4H3/t19-,20+/m1/s1. The van der Waals surface area contributed by atoms with Crippen molar-refractivity contribution in [3.8, 4) is 0 Å². The van der Waals surface area contributed by atoms with Gasteiger partial charge in [-0.2, -0.15) is 0 Å². The topological polar surface area (TPSA) is 71.5 Å². The molecule has 1 saturated heterocycles. The van der Waals surface area contributed by atoms with Crippen LogP contribution in [0.25, 0.3) is 0 Å². The molecule has 1 aliphatic rings. The molecule has 7 nitrogen and oxygen atoms in total. The first kappa shape index (κ1) is 24.7. The van der Waals surface area contributed by atoms with Crippen LogP contribution in [0.1, 0.15) is 31.1 Å². The maximum absolute atomic E-state index is 13.5. The van der Waals surface area contributed by atoms with E-state index in [-0.39, 0.29) is 24.2 Å². The van der Waals surface area contributed by atoms with E-state index >= 15 is 0 Å². The van der Waals surface area contributed by atoms with Gasteiger partial charge < -0.3 is 24.2 Å². The average molecular weight is 427 g/mol. The number of carbonyl (C=O) groups excluding carboxylic acids is 1. The van der Waals surface area contributed by atoms with Crippen molar-refractivity contribution in [2.24, 2.45) is 0 Å². The van der Waals surface area contributed by atoms with E-state index in [1.807, 2.05) is 20.8 Å². The number of carbonyl (C=O) groups is 1. The minimum absolute atomic E-state index is 0.205. The van der Waals surface area contributed by atoms with Crippen molar-refractivity contribution in [2.75, 3.05) is 59.7 Å². The van der Waals surface area contributed by atoms with Crippen LogP contribution >= 0.6 is 0 Å². The molecule has 0 radical (unpaired) electrons. The van der Waals surface area contributed by atoms with E-state index in [0.29, 0.717) is 51.5 Å². The second-order valence-electron chi connectivity index (χ2n) is 8.58. The van der Waals surface area contributed by atoms with Gasteiger partial charge in [-0.15, -0.1) is 0 Å². The van der Waals surface area contributed by atoms with Crippen molar-refractivity contribution in [3.05, 3.63) is 35.6 Å². The zero-order valence-corrected chi connectivity index (χ0v) is 18.5. The second kappa shape index (κ2) is 11.7. The van der Waals surface area contributed by atoms with E-state index in [9.17, 15) is 14.3 Å². The normalized spacial score (nSPS) is 18.9. The number of halogens is 1. The first-order chi connectivity index (χ1) is 14.2. The van der Waals surface area contributed by atoms with E-state index in [0.717, 1.165) is 0 Å². The number of rotatable bonds is 10. The Morgan fingerprint density at radius 1 is 1.43 bits per heavy atom. The summed E-state index contributed by atoms with van der Waals surface area (Å²) >= 11 is 0. The van der Waals surface area contributed by atoms with Gasteiger partial charge in [0.2, 0.25) is 0 Å². The van der Waals surface area contributed by atoms with E-state index in [2.05, 4.69) is 4.90 Å². The van der Waals surface area contributed by atoms with Gasteiger partial charge >= 0.3 is 0 Å². The molecule has 1 N–H and O–H groups in total.